The lowest BCUT2D eigenvalue weighted by Crippen LogP contribution is -2.12. The Balaban J connectivity index is 1.77. The molecule has 2 aromatic carbocycles. The lowest BCUT2D eigenvalue weighted by Gasteiger charge is -2.09. The van der Waals surface area contributed by atoms with Crippen LogP contribution in [0.15, 0.2) is 42.5 Å². The fraction of sp³-hybridized carbons (Fsp3) is 0.125. The minimum absolute atomic E-state index is 0.264. The standard InChI is InChI=1S/C16H15N5O3/c1-23-13-7-11(8-14(9-13)24-2)16(22)17-12-5-3-10(4-6-12)15-18-20-21-19-15/h3-9H,1-2H3,(H,17,22)(H,18,19,20,21). The molecule has 24 heavy (non-hydrogen) atoms. The van der Waals surface area contributed by atoms with Gasteiger partial charge in [-0.15, -0.1) is 10.2 Å². The summed E-state index contributed by atoms with van der Waals surface area (Å²) in [6.07, 6.45) is 0. The molecule has 0 aliphatic rings. The number of benzene rings is 2. The van der Waals surface area contributed by atoms with Gasteiger partial charge in [-0.25, -0.2) is 0 Å². The first-order chi connectivity index (χ1) is 11.7. The minimum Gasteiger partial charge on any atom is -0.497 e. The normalized spacial score (nSPS) is 10.2. The number of hydrogen-bond donors (Lipinski definition) is 2. The van der Waals surface area contributed by atoms with Crippen LogP contribution < -0.4 is 14.8 Å². The molecule has 0 saturated carbocycles. The Morgan fingerprint density at radius 1 is 1.04 bits per heavy atom. The molecule has 3 aromatic rings. The van der Waals surface area contributed by atoms with Crippen LogP contribution in [0.1, 0.15) is 10.4 Å². The number of amides is 1. The van der Waals surface area contributed by atoms with E-state index in [0.29, 0.717) is 28.6 Å². The molecule has 0 aliphatic heterocycles. The molecule has 0 bridgehead atoms. The van der Waals surface area contributed by atoms with Gasteiger partial charge in [0.2, 0.25) is 5.82 Å². The average Bonchev–Trinajstić information content (AvgIpc) is 3.16. The highest BCUT2D eigenvalue weighted by Crippen LogP contribution is 2.23. The summed E-state index contributed by atoms with van der Waals surface area (Å²) in [4.78, 5) is 12.4. The molecule has 0 saturated heterocycles. The summed E-state index contributed by atoms with van der Waals surface area (Å²) < 4.78 is 10.3. The van der Waals surface area contributed by atoms with Crippen molar-refractivity contribution in [3.63, 3.8) is 0 Å². The number of methoxy groups -OCH3 is 2. The molecular formula is C16H15N5O3. The van der Waals surface area contributed by atoms with Crippen LogP contribution in [-0.2, 0) is 0 Å². The number of ether oxygens (including phenoxy) is 2. The Kier molecular flexibility index (Phi) is 4.37. The van der Waals surface area contributed by atoms with Crippen molar-refractivity contribution in [1.29, 1.82) is 0 Å². The van der Waals surface area contributed by atoms with Crippen LogP contribution in [0.2, 0.25) is 0 Å². The fourth-order valence-electron chi connectivity index (χ4n) is 2.13. The zero-order valence-corrected chi connectivity index (χ0v) is 13.1. The van der Waals surface area contributed by atoms with Gasteiger partial charge in [0.05, 0.1) is 14.2 Å². The smallest absolute Gasteiger partial charge is 0.255 e. The van der Waals surface area contributed by atoms with Crippen molar-refractivity contribution in [2.24, 2.45) is 0 Å². The lowest BCUT2D eigenvalue weighted by molar-refractivity contribution is 0.102. The Labute approximate surface area is 137 Å². The molecule has 0 spiro atoms. The van der Waals surface area contributed by atoms with Crippen molar-refractivity contribution in [2.45, 2.75) is 0 Å². The molecule has 0 unspecified atom stereocenters. The van der Waals surface area contributed by atoms with E-state index in [4.69, 9.17) is 9.47 Å². The van der Waals surface area contributed by atoms with Gasteiger partial charge in [-0.3, -0.25) is 4.79 Å². The molecule has 3 rings (SSSR count). The molecule has 0 fully saturated rings. The maximum atomic E-state index is 12.4. The lowest BCUT2D eigenvalue weighted by atomic mass is 10.1. The number of nitrogens with zero attached hydrogens (tertiary/aromatic N) is 3. The van der Waals surface area contributed by atoms with Gasteiger partial charge in [0.25, 0.3) is 5.91 Å². The van der Waals surface area contributed by atoms with Crippen LogP contribution in [0, 0.1) is 0 Å². The van der Waals surface area contributed by atoms with Gasteiger partial charge in [-0.05, 0) is 41.6 Å². The first kappa shape index (κ1) is 15.5. The monoisotopic (exact) mass is 325 g/mol. The predicted molar refractivity (Wildman–Crippen MR) is 87.1 cm³/mol. The average molecular weight is 325 g/mol. The number of H-pyrrole nitrogens is 1. The van der Waals surface area contributed by atoms with E-state index < -0.39 is 0 Å². The first-order valence-electron chi connectivity index (χ1n) is 7.08. The van der Waals surface area contributed by atoms with E-state index in [9.17, 15) is 4.79 Å². The molecule has 122 valence electrons. The van der Waals surface area contributed by atoms with E-state index in [0.717, 1.165) is 5.56 Å². The number of aromatic nitrogens is 4. The summed E-state index contributed by atoms with van der Waals surface area (Å²) in [6, 6.07) is 12.1. The highest BCUT2D eigenvalue weighted by atomic mass is 16.5. The third-order valence-electron chi connectivity index (χ3n) is 3.36. The van der Waals surface area contributed by atoms with Crippen molar-refractivity contribution < 1.29 is 14.3 Å². The van der Waals surface area contributed by atoms with Crippen molar-refractivity contribution in [3.8, 4) is 22.9 Å². The third-order valence-corrected chi connectivity index (χ3v) is 3.36. The molecular weight excluding hydrogens is 310 g/mol. The fourth-order valence-corrected chi connectivity index (χ4v) is 2.13. The van der Waals surface area contributed by atoms with E-state index in [1.807, 2.05) is 0 Å². The Bertz CT molecular complexity index is 809. The van der Waals surface area contributed by atoms with Gasteiger partial charge in [-0.2, -0.15) is 5.21 Å². The number of hydrogen-bond acceptors (Lipinski definition) is 6. The maximum absolute atomic E-state index is 12.4. The van der Waals surface area contributed by atoms with Crippen molar-refractivity contribution in [2.75, 3.05) is 19.5 Å². The van der Waals surface area contributed by atoms with Gasteiger partial charge in [0, 0.05) is 22.9 Å². The van der Waals surface area contributed by atoms with Gasteiger partial charge < -0.3 is 14.8 Å². The molecule has 1 aromatic heterocycles. The molecule has 8 nitrogen and oxygen atoms in total. The summed E-state index contributed by atoms with van der Waals surface area (Å²) in [5.41, 5.74) is 1.88. The number of anilines is 1. The second kappa shape index (κ2) is 6.78. The molecule has 0 atom stereocenters. The van der Waals surface area contributed by atoms with E-state index in [1.165, 1.54) is 14.2 Å². The third kappa shape index (κ3) is 3.32. The predicted octanol–water partition coefficient (Wildman–Crippen LogP) is 2.14. The summed E-state index contributed by atoms with van der Waals surface area (Å²) in [5, 5.41) is 16.5. The topological polar surface area (TPSA) is 102 Å². The van der Waals surface area contributed by atoms with E-state index in [-0.39, 0.29) is 5.91 Å². The second-order valence-corrected chi connectivity index (χ2v) is 4.87. The van der Waals surface area contributed by atoms with Gasteiger partial charge in [0.15, 0.2) is 0 Å². The molecule has 8 heteroatoms. The number of nitrogens with one attached hydrogen (secondary N) is 2. The zero-order chi connectivity index (χ0) is 16.9. The quantitative estimate of drug-likeness (QED) is 0.745. The van der Waals surface area contributed by atoms with Crippen LogP contribution in [0.5, 0.6) is 11.5 Å². The first-order valence-corrected chi connectivity index (χ1v) is 7.08. The zero-order valence-electron chi connectivity index (χ0n) is 13.1. The Morgan fingerprint density at radius 2 is 1.71 bits per heavy atom. The molecule has 1 heterocycles. The van der Waals surface area contributed by atoms with Gasteiger partial charge >= 0.3 is 0 Å². The van der Waals surface area contributed by atoms with Crippen molar-refractivity contribution >= 4 is 11.6 Å². The number of tetrazole rings is 1. The number of aromatic amines is 1. The summed E-state index contributed by atoms with van der Waals surface area (Å²) in [5.74, 6) is 1.32. The highest BCUT2D eigenvalue weighted by molar-refractivity contribution is 6.04. The molecule has 2 N–H and O–H groups in total. The van der Waals surface area contributed by atoms with Crippen LogP contribution in [0.4, 0.5) is 5.69 Å². The largest absolute Gasteiger partial charge is 0.497 e. The van der Waals surface area contributed by atoms with E-state index in [2.05, 4.69) is 25.9 Å². The Hall–Kier alpha value is -3.42. The summed E-state index contributed by atoms with van der Waals surface area (Å²) >= 11 is 0. The summed E-state index contributed by atoms with van der Waals surface area (Å²) in [7, 11) is 3.07. The number of rotatable bonds is 5. The SMILES string of the molecule is COc1cc(OC)cc(C(=O)Nc2ccc(-c3nn[nH]n3)cc2)c1. The van der Waals surface area contributed by atoms with Crippen LogP contribution >= 0.6 is 0 Å². The van der Waals surface area contributed by atoms with Gasteiger partial charge in [-0.1, -0.05) is 0 Å². The number of carbonyl (C=O) groups is 1. The van der Waals surface area contributed by atoms with E-state index >= 15 is 0 Å². The Morgan fingerprint density at radius 3 is 2.25 bits per heavy atom. The maximum Gasteiger partial charge on any atom is 0.255 e. The number of carbonyl (C=O) groups excluding carboxylic acids is 1. The van der Waals surface area contributed by atoms with Crippen LogP contribution in [-0.4, -0.2) is 40.8 Å². The van der Waals surface area contributed by atoms with Crippen LogP contribution in [0.3, 0.4) is 0 Å². The van der Waals surface area contributed by atoms with Gasteiger partial charge in [0.1, 0.15) is 11.5 Å². The van der Waals surface area contributed by atoms with Crippen molar-refractivity contribution in [3.05, 3.63) is 48.0 Å². The van der Waals surface area contributed by atoms with E-state index in [1.54, 1.807) is 42.5 Å². The second-order valence-electron chi connectivity index (χ2n) is 4.87. The summed E-state index contributed by atoms with van der Waals surface area (Å²) in [6.45, 7) is 0. The molecule has 1 amide bonds. The minimum atomic E-state index is -0.264. The van der Waals surface area contributed by atoms with Crippen molar-refractivity contribution in [1.82, 2.24) is 20.6 Å². The van der Waals surface area contributed by atoms with Crippen LogP contribution in [0.25, 0.3) is 11.4 Å². The highest BCUT2D eigenvalue weighted by Gasteiger charge is 2.11. The molecule has 0 radical (unpaired) electrons. The molecule has 0 aliphatic carbocycles.